The Morgan fingerprint density at radius 1 is 0.505 bits per heavy atom. The Balaban J connectivity index is 1.00. The van der Waals surface area contributed by atoms with Gasteiger partial charge in [-0.25, -0.2) is 19.4 Å². The molecule has 0 saturated carbocycles. The lowest BCUT2D eigenvalue weighted by Crippen LogP contribution is -2.58. The van der Waals surface area contributed by atoms with Crippen molar-refractivity contribution in [2.45, 2.75) is 213 Å². The molecule has 4 aliphatic rings. The number of carbonyl (C=O) groups excluding carboxylic acids is 10. The predicted molar refractivity (Wildman–Crippen MR) is 400 cm³/mol. The lowest BCUT2D eigenvalue weighted by molar-refractivity contribution is -0.127. The number of nitrogens with zero attached hydrogens (tertiary/aromatic N) is 4. The standard InChI is InChI=1S/C75H106N10O18Si2/c1-42(2)62(76)66(90)78-44(5)64(88)80-48-26-22-46(23-27-48)40-100-72(94)84-54-36-60(58(96-13)34-52(54)68(92)82-38-50(86)32-56(82)70(84)102-104(15,16)74(7,8)9)98-30-20-19-21-31-99-61-37-55-53(35-59(61)97-14)69(93)83-39-51(87)33-57(83)71(103-105(17,18)75(10,11)12)85(55)73(95)101-41-47-24-28-49(29-25-47)81-65(89)45(6)79-67(91)63(77)43(3)4/h22-29,34-37,42-45,56-57,62-63,70-71H,19-21,30-33,38-41,76-77H2,1-18H3,(H,78,90)(H,79,91)(H,80,88)(H,81,89)/t44-,45-,56-,57-,62-,63-,70?,71?/m0/s1. The maximum Gasteiger partial charge on any atom is 0.416 e. The van der Waals surface area contributed by atoms with E-state index in [1.165, 1.54) is 46.0 Å². The topological polar surface area (TPSA) is 358 Å². The molecule has 0 aromatic heterocycles. The number of Topliss-reactive ketones (excluding diaryl/α,β-unsaturated/α-hetero) is 2. The molecule has 4 aromatic carbocycles. The van der Waals surface area contributed by atoms with Gasteiger partial charge in [0.2, 0.25) is 23.6 Å². The van der Waals surface area contributed by atoms with E-state index in [-0.39, 0.29) is 131 Å². The number of carbonyl (C=O) groups is 10. The summed E-state index contributed by atoms with van der Waals surface area (Å²) in [5, 5.41) is 10.1. The van der Waals surface area contributed by atoms with Gasteiger partial charge < -0.3 is 79.8 Å². The van der Waals surface area contributed by atoms with Crippen LogP contribution in [0.15, 0.2) is 72.8 Å². The van der Waals surface area contributed by atoms with E-state index >= 15 is 9.59 Å². The van der Waals surface area contributed by atoms with Gasteiger partial charge in [-0.3, -0.25) is 38.4 Å². The molecular weight excluding hydrogens is 1390 g/mol. The van der Waals surface area contributed by atoms with E-state index in [1.54, 1.807) is 74.5 Å². The van der Waals surface area contributed by atoms with E-state index in [0.717, 1.165) is 0 Å². The van der Waals surface area contributed by atoms with Crippen LogP contribution in [0.25, 0.3) is 0 Å². The highest BCUT2D eigenvalue weighted by Gasteiger charge is 2.55. The van der Waals surface area contributed by atoms with Gasteiger partial charge in [0, 0.05) is 36.3 Å². The Morgan fingerprint density at radius 2 is 0.848 bits per heavy atom. The third-order valence-corrected chi connectivity index (χ3v) is 29.3. The normalized spacial score (nSPS) is 18.7. The number of methoxy groups -OCH3 is 2. The van der Waals surface area contributed by atoms with Gasteiger partial charge in [-0.15, -0.1) is 0 Å². The first kappa shape index (κ1) is 81.7. The summed E-state index contributed by atoms with van der Waals surface area (Å²) in [6, 6.07) is 14.1. The van der Waals surface area contributed by atoms with Crippen LogP contribution in [0.2, 0.25) is 36.3 Å². The van der Waals surface area contributed by atoms with E-state index in [0.29, 0.717) is 41.8 Å². The number of anilines is 4. The van der Waals surface area contributed by atoms with Crippen molar-refractivity contribution in [1.29, 1.82) is 0 Å². The van der Waals surface area contributed by atoms with E-state index in [4.69, 9.17) is 48.7 Å². The second-order valence-corrected chi connectivity index (χ2v) is 40.6. The van der Waals surface area contributed by atoms with Gasteiger partial charge in [0.25, 0.3) is 11.8 Å². The summed E-state index contributed by atoms with van der Waals surface area (Å²) in [6.07, 6.45) is -2.80. The van der Waals surface area contributed by atoms with Crippen LogP contribution >= 0.6 is 0 Å². The van der Waals surface area contributed by atoms with Crippen LogP contribution in [0, 0.1) is 11.8 Å². The summed E-state index contributed by atoms with van der Waals surface area (Å²) < 4.78 is 51.1. The first-order chi connectivity index (χ1) is 49.2. The predicted octanol–water partition coefficient (Wildman–Crippen LogP) is 9.76. The number of ether oxygens (including phenoxy) is 6. The second kappa shape index (κ2) is 33.7. The molecule has 8 rings (SSSR count). The third kappa shape index (κ3) is 19.2. The largest absolute Gasteiger partial charge is 0.493 e. The summed E-state index contributed by atoms with van der Waals surface area (Å²) >= 11 is 0. The fourth-order valence-electron chi connectivity index (χ4n) is 11.7. The van der Waals surface area contributed by atoms with Crippen molar-refractivity contribution in [1.82, 2.24) is 20.4 Å². The molecule has 30 heteroatoms. The lowest BCUT2D eigenvalue weighted by atomic mass is 10.0. The van der Waals surface area contributed by atoms with Crippen LogP contribution in [0.5, 0.6) is 23.0 Å². The fourth-order valence-corrected chi connectivity index (χ4v) is 14.2. The van der Waals surface area contributed by atoms with Crippen LogP contribution in [-0.4, -0.2) is 175 Å². The first-order valence-corrected chi connectivity index (χ1v) is 41.5. The van der Waals surface area contributed by atoms with E-state index in [9.17, 15) is 38.4 Å². The Bertz CT molecular complexity index is 3650. The zero-order chi connectivity index (χ0) is 77.5. The first-order valence-electron chi connectivity index (χ1n) is 35.7. The van der Waals surface area contributed by atoms with Crippen molar-refractivity contribution in [3.63, 3.8) is 0 Å². The number of fused-ring (bicyclic) bond motifs is 4. The maximum absolute atomic E-state index is 15.1. The molecule has 4 aromatic rings. The monoisotopic (exact) mass is 1490 g/mol. The van der Waals surface area contributed by atoms with Crippen LogP contribution < -0.4 is 61.5 Å². The molecule has 0 bridgehead atoms. The van der Waals surface area contributed by atoms with Crippen molar-refractivity contribution in [3.05, 3.63) is 95.1 Å². The number of amides is 8. The highest BCUT2D eigenvalue weighted by molar-refractivity contribution is 6.74. The van der Waals surface area contributed by atoms with Gasteiger partial charge in [-0.05, 0) is 129 Å². The molecule has 4 aliphatic heterocycles. The third-order valence-electron chi connectivity index (χ3n) is 20.5. The van der Waals surface area contributed by atoms with Gasteiger partial charge in [-0.2, -0.15) is 0 Å². The summed E-state index contributed by atoms with van der Waals surface area (Å²) in [5.74, 6) is -2.80. The number of hydrogen-bond acceptors (Lipinski definition) is 20. The highest BCUT2D eigenvalue weighted by atomic mass is 28.4. The quantitative estimate of drug-likeness (QED) is 0.0227. The van der Waals surface area contributed by atoms with Gasteiger partial charge in [0.15, 0.2) is 63.7 Å². The molecular formula is C75H106N10O18Si2. The molecule has 8 amide bonds. The van der Waals surface area contributed by atoms with E-state index < -0.39 is 113 Å². The fraction of sp³-hybridized carbons (Fsp3) is 0.547. The molecule has 2 fully saturated rings. The van der Waals surface area contributed by atoms with Crippen molar-refractivity contribution < 1.29 is 85.2 Å². The molecule has 2 unspecified atom stereocenters. The van der Waals surface area contributed by atoms with Gasteiger partial charge in [0.05, 0.1) is 87.2 Å². The molecule has 0 radical (unpaired) electrons. The summed E-state index contributed by atoms with van der Waals surface area (Å²) in [7, 11) is -2.81. The number of rotatable bonds is 28. The molecule has 8 N–H and O–H groups in total. The molecule has 4 heterocycles. The van der Waals surface area contributed by atoms with Crippen molar-refractivity contribution >= 4 is 98.6 Å². The minimum Gasteiger partial charge on any atom is -0.493 e. The Labute approximate surface area is 617 Å². The number of hydrogen-bond donors (Lipinski definition) is 6. The smallest absolute Gasteiger partial charge is 0.416 e. The van der Waals surface area contributed by atoms with Crippen LogP contribution in [0.4, 0.5) is 32.3 Å². The van der Waals surface area contributed by atoms with E-state index in [2.05, 4.69) is 21.3 Å². The molecule has 572 valence electrons. The van der Waals surface area contributed by atoms with Gasteiger partial charge >= 0.3 is 12.2 Å². The maximum atomic E-state index is 15.1. The highest BCUT2D eigenvalue weighted by Crippen LogP contribution is 2.48. The zero-order valence-electron chi connectivity index (χ0n) is 63.8. The average molecular weight is 1490 g/mol. The van der Waals surface area contributed by atoms with Crippen molar-refractivity contribution in [2.24, 2.45) is 23.3 Å². The number of ketones is 2. The Morgan fingerprint density at radius 3 is 1.16 bits per heavy atom. The minimum absolute atomic E-state index is 0.0493. The lowest BCUT2D eigenvalue weighted by Gasteiger charge is -2.44. The van der Waals surface area contributed by atoms with Crippen molar-refractivity contribution in [3.8, 4) is 23.0 Å². The van der Waals surface area contributed by atoms with Crippen LogP contribution in [0.1, 0.15) is 147 Å². The molecule has 8 atom stereocenters. The number of benzene rings is 4. The SMILES string of the molecule is COc1cc2c(cc1OCCCCCOc1cc3c(cc1OC)C(=O)N1CC(=O)C[C@H]1C(O[Si](C)(C)C(C)(C)C)N3C(=O)OCc1ccc(NC(=O)[C@H](C)NC(=O)[C@@H](N)C(C)C)cc1)N(C(=O)OCc1ccc(NC(=O)[C@H](C)NC(=O)[C@@H](N)C(C)C)cc1)C(O[Si](C)(C)C(C)(C)C)[C@@H]1CC(=O)CN1C2=O. The van der Waals surface area contributed by atoms with E-state index in [1.807, 2.05) is 95.4 Å². The number of nitrogens with one attached hydrogen (secondary N) is 4. The molecule has 2 saturated heterocycles. The zero-order valence-corrected chi connectivity index (χ0v) is 65.8. The van der Waals surface area contributed by atoms with Crippen LogP contribution in [-0.2, 0) is 60.3 Å². The van der Waals surface area contributed by atoms with Crippen molar-refractivity contribution in [2.75, 3.05) is 61.0 Å². The molecule has 105 heavy (non-hydrogen) atoms. The Hall–Kier alpha value is -8.95. The number of unbranched alkanes of at least 4 members (excludes halogenated alkanes) is 2. The van der Waals surface area contributed by atoms with Gasteiger partial charge in [-0.1, -0.05) is 93.5 Å². The second-order valence-electron chi connectivity index (χ2n) is 31.0. The summed E-state index contributed by atoms with van der Waals surface area (Å²) in [6.45, 7) is 30.0. The summed E-state index contributed by atoms with van der Waals surface area (Å²) in [5.41, 5.74) is 14.2. The summed E-state index contributed by atoms with van der Waals surface area (Å²) in [4.78, 5) is 143. The average Bonchev–Trinajstić information content (AvgIpc) is 1.61. The molecule has 0 aliphatic carbocycles. The Kier molecular flexibility index (Phi) is 26.2. The molecule has 0 spiro atoms. The van der Waals surface area contributed by atoms with Gasteiger partial charge in [0.1, 0.15) is 25.3 Å². The molecule has 28 nitrogen and oxygen atoms in total. The number of nitrogens with two attached hydrogens (primary N) is 2. The van der Waals surface area contributed by atoms with Crippen LogP contribution in [0.3, 0.4) is 0 Å². The minimum atomic E-state index is -2.83.